The minimum absolute atomic E-state index is 0.722. The van der Waals surface area contributed by atoms with Crippen LogP contribution < -0.4 is 0 Å². The van der Waals surface area contributed by atoms with Gasteiger partial charge in [-0.15, -0.1) is 0 Å². The van der Waals surface area contributed by atoms with Gasteiger partial charge in [-0.05, 0) is 24.7 Å². The molecule has 0 saturated heterocycles. The first kappa shape index (κ1) is 11.7. The van der Waals surface area contributed by atoms with Crippen molar-refractivity contribution in [3.8, 4) is 0 Å². The monoisotopic (exact) mass is 168 g/mol. The molecule has 0 radical (unpaired) electrons. The number of rotatable bonds is 5. The third-order valence-corrected chi connectivity index (χ3v) is 3.08. The van der Waals surface area contributed by atoms with Gasteiger partial charge < -0.3 is 0 Å². The molecule has 2 unspecified atom stereocenters. The lowest BCUT2D eigenvalue weighted by Gasteiger charge is -2.28. The van der Waals surface area contributed by atoms with E-state index in [0.29, 0.717) is 0 Å². The summed E-state index contributed by atoms with van der Waals surface area (Å²) in [7, 11) is 0. The van der Waals surface area contributed by atoms with Crippen molar-refractivity contribution in [2.24, 2.45) is 17.8 Å². The number of allylic oxidation sites excluding steroid dienone is 1. The fraction of sp³-hybridized carbons (Fsp3) is 0.833. The van der Waals surface area contributed by atoms with E-state index in [0.717, 1.165) is 17.8 Å². The van der Waals surface area contributed by atoms with Gasteiger partial charge in [-0.2, -0.15) is 0 Å². The first-order valence-electron chi connectivity index (χ1n) is 5.19. The molecule has 0 rings (SSSR count). The molecule has 0 nitrogen and oxygen atoms in total. The largest absolute Gasteiger partial charge is 0.0998 e. The van der Waals surface area contributed by atoms with E-state index in [9.17, 15) is 0 Å². The third kappa shape index (κ3) is 3.00. The zero-order chi connectivity index (χ0) is 9.72. The average molecular weight is 168 g/mol. The lowest BCUT2D eigenvalue weighted by atomic mass is 9.77. The highest BCUT2D eigenvalue weighted by Gasteiger charge is 2.21. The number of hydrogen-bond acceptors (Lipinski definition) is 0. The van der Waals surface area contributed by atoms with Gasteiger partial charge in [0.25, 0.3) is 0 Å². The van der Waals surface area contributed by atoms with E-state index < -0.39 is 0 Å². The molecule has 0 aromatic heterocycles. The summed E-state index contributed by atoms with van der Waals surface area (Å²) in [5.41, 5.74) is 1.36. The van der Waals surface area contributed by atoms with Gasteiger partial charge in [0.15, 0.2) is 0 Å². The van der Waals surface area contributed by atoms with Gasteiger partial charge in [0.05, 0.1) is 0 Å². The Morgan fingerprint density at radius 3 is 1.58 bits per heavy atom. The van der Waals surface area contributed by atoms with Crippen molar-refractivity contribution in [2.45, 2.75) is 47.5 Å². The Balaban J connectivity index is 4.32. The van der Waals surface area contributed by atoms with Gasteiger partial charge in [-0.25, -0.2) is 0 Å². The van der Waals surface area contributed by atoms with Gasteiger partial charge in [0, 0.05) is 0 Å². The van der Waals surface area contributed by atoms with Crippen molar-refractivity contribution >= 4 is 0 Å². The molecule has 0 amide bonds. The van der Waals surface area contributed by atoms with E-state index in [1.165, 1.54) is 18.4 Å². The van der Waals surface area contributed by atoms with Crippen LogP contribution >= 0.6 is 0 Å². The number of hydrogen-bond donors (Lipinski definition) is 0. The molecular formula is C12H24. The van der Waals surface area contributed by atoms with Crippen LogP contribution in [0.5, 0.6) is 0 Å². The maximum absolute atomic E-state index is 4.09. The van der Waals surface area contributed by atoms with Crippen LogP contribution in [0.15, 0.2) is 12.2 Å². The van der Waals surface area contributed by atoms with Crippen LogP contribution in [0.25, 0.3) is 0 Å². The summed E-state index contributed by atoms with van der Waals surface area (Å²) < 4.78 is 0. The van der Waals surface area contributed by atoms with Crippen molar-refractivity contribution in [1.82, 2.24) is 0 Å². The molecule has 0 fully saturated rings. The highest BCUT2D eigenvalue weighted by atomic mass is 14.3. The predicted molar refractivity (Wildman–Crippen MR) is 57.2 cm³/mol. The van der Waals surface area contributed by atoms with Crippen LogP contribution in [0, 0.1) is 17.8 Å². The Labute approximate surface area is 78.1 Å². The van der Waals surface area contributed by atoms with Crippen molar-refractivity contribution in [3.63, 3.8) is 0 Å². The van der Waals surface area contributed by atoms with Crippen LogP contribution in [-0.4, -0.2) is 0 Å². The van der Waals surface area contributed by atoms with E-state index in [-0.39, 0.29) is 0 Å². The third-order valence-electron chi connectivity index (χ3n) is 3.08. The van der Waals surface area contributed by atoms with Crippen LogP contribution in [0.4, 0.5) is 0 Å². The summed E-state index contributed by atoms with van der Waals surface area (Å²) in [5, 5.41) is 0. The van der Waals surface area contributed by atoms with Crippen LogP contribution in [0.2, 0.25) is 0 Å². The molecule has 0 spiro atoms. The lowest BCUT2D eigenvalue weighted by Crippen LogP contribution is -2.19. The minimum atomic E-state index is 0.722. The summed E-state index contributed by atoms with van der Waals surface area (Å²) in [6, 6.07) is 0. The molecule has 0 saturated carbocycles. The van der Waals surface area contributed by atoms with Crippen LogP contribution in [0.1, 0.15) is 47.5 Å². The second-order valence-corrected chi connectivity index (χ2v) is 4.14. The Bertz CT molecular complexity index is 125. The lowest BCUT2D eigenvalue weighted by molar-refractivity contribution is 0.286. The quantitative estimate of drug-likeness (QED) is 0.538. The van der Waals surface area contributed by atoms with E-state index in [2.05, 4.69) is 41.2 Å². The molecule has 0 aliphatic rings. The summed E-state index contributed by atoms with van der Waals surface area (Å²) in [5.74, 6) is 2.30. The first-order valence-corrected chi connectivity index (χ1v) is 5.19. The van der Waals surface area contributed by atoms with Gasteiger partial charge >= 0.3 is 0 Å². The van der Waals surface area contributed by atoms with E-state index in [4.69, 9.17) is 0 Å². The smallest absolute Gasteiger partial charge is 0.0157 e. The van der Waals surface area contributed by atoms with Crippen LogP contribution in [0.3, 0.4) is 0 Å². The topological polar surface area (TPSA) is 0 Å². The normalized spacial score (nSPS) is 18.4. The molecule has 0 heterocycles. The summed E-state index contributed by atoms with van der Waals surface area (Å²) in [4.78, 5) is 0. The molecule has 72 valence electrons. The second kappa shape index (κ2) is 5.40. The summed E-state index contributed by atoms with van der Waals surface area (Å²) in [6.45, 7) is 15.5. The Kier molecular flexibility index (Phi) is 5.28. The van der Waals surface area contributed by atoms with Gasteiger partial charge in [-0.1, -0.05) is 52.7 Å². The molecule has 0 aromatic rings. The van der Waals surface area contributed by atoms with Crippen molar-refractivity contribution in [3.05, 3.63) is 12.2 Å². The highest BCUT2D eigenvalue weighted by Crippen LogP contribution is 2.31. The van der Waals surface area contributed by atoms with Gasteiger partial charge in [0.2, 0.25) is 0 Å². The van der Waals surface area contributed by atoms with Gasteiger partial charge in [-0.3, -0.25) is 0 Å². The molecule has 0 aliphatic heterocycles. The molecule has 0 bridgehead atoms. The summed E-state index contributed by atoms with van der Waals surface area (Å²) >= 11 is 0. The molecule has 2 atom stereocenters. The zero-order valence-corrected chi connectivity index (χ0v) is 9.35. The van der Waals surface area contributed by atoms with E-state index >= 15 is 0 Å². The maximum atomic E-state index is 4.09. The molecule has 0 heteroatoms. The zero-order valence-electron chi connectivity index (χ0n) is 9.35. The maximum Gasteiger partial charge on any atom is -0.0157 e. The van der Waals surface area contributed by atoms with E-state index in [1.807, 2.05) is 0 Å². The van der Waals surface area contributed by atoms with Crippen molar-refractivity contribution in [1.29, 1.82) is 0 Å². The Morgan fingerprint density at radius 1 is 1.08 bits per heavy atom. The second-order valence-electron chi connectivity index (χ2n) is 4.14. The standard InChI is InChI=1S/C12H24/c1-7-10(5)12(9(3)4)11(6)8-2/h10-12H,3,7-8H2,1-2,4-6H3. The van der Waals surface area contributed by atoms with Gasteiger partial charge in [0.1, 0.15) is 0 Å². The fourth-order valence-corrected chi connectivity index (χ4v) is 2.04. The van der Waals surface area contributed by atoms with Crippen molar-refractivity contribution in [2.75, 3.05) is 0 Å². The molecular weight excluding hydrogens is 144 g/mol. The Morgan fingerprint density at radius 2 is 1.42 bits per heavy atom. The molecule has 0 aliphatic carbocycles. The summed E-state index contributed by atoms with van der Waals surface area (Å²) in [6.07, 6.45) is 2.53. The van der Waals surface area contributed by atoms with Crippen molar-refractivity contribution < 1.29 is 0 Å². The fourth-order valence-electron chi connectivity index (χ4n) is 2.04. The molecule has 0 aromatic carbocycles. The predicted octanol–water partition coefficient (Wildman–Crippen LogP) is 4.27. The first-order chi connectivity index (χ1) is 5.54. The van der Waals surface area contributed by atoms with Crippen LogP contribution in [-0.2, 0) is 0 Å². The average Bonchev–Trinajstić information content (AvgIpc) is 2.03. The minimum Gasteiger partial charge on any atom is -0.0998 e. The SMILES string of the molecule is C=C(C)C(C(C)CC)C(C)CC. The molecule has 12 heavy (non-hydrogen) atoms. The molecule has 0 N–H and O–H groups in total. The van der Waals surface area contributed by atoms with E-state index in [1.54, 1.807) is 0 Å². The Hall–Kier alpha value is -0.260. The highest BCUT2D eigenvalue weighted by molar-refractivity contribution is 4.99.